The van der Waals surface area contributed by atoms with Crippen molar-refractivity contribution in [3.05, 3.63) is 67.8 Å². The van der Waals surface area contributed by atoms with Gasteiger partial charge in [0.2, 0.25) is 0 Å². The molecule has 84 valence electrons. The van der Waals surface area contributed by atoms with Crippen LogP contribution in [0.4, 0.5) is 0 Å². The lowest BCUT2D eigenvalue weighted by atomic mass is 10.1. The molecule has 0 aliphatic heterocycles. The van der Waals surface area contributed by atoms with E-state index in [0.29, 0.717) is 0 Å². The standard InChI is InChI=1S/C14H11N.C2H4/c1-2-10-6-5-8-12-11-7-3-4-9-13(11)15-14(10)12;1-2/h2-9,15H,1H2;1-2H2. The van der Waals surface area contributed by atoms with Crippen molar-refractivity contribution in [3.8, 4) is 0 Å². The summed E-state index contributed by atoms with van der Waals surface area (Å²) in [6.45, 7) is 9.83. The molecule has 2 aromatic carbocycles. The molecule has 0 radical (unpaired) electrons. The Bertz CT molecular complexity index is 661. The molecule has 0 spiro atoms. The van der Waals surface area contributed by atoms with Gasteiger partial charge in [0.15, 0.2) is 0 Å². The fourth-order valence-electron chi connectivity index (χ4n) is 2.07. The van der Waals surface area contributed by atoms with Crippen molar-refractivity contribution >= 4 is 27.9 Å². The Morgan fingerprint density at radius 3 is 2.35 bits per heavy atom. The summed E-state index contributed by atoms with van der Waals surface area (Å²) in [5.41, 5.74) is 3.51. The van der Waals surface area contributed by atoms with Gasteiger partial charge in [0.25, 0.3) is 0 Å². The number of nitrogens with one attached hydrogen (secondary N) is 1. The van der Waals surface area contributed by atoms with Crippen LogP contribution < -0.4 is 0 Å². The maximum Gasteiger partial charge on any atom is 0.0538 e. The van der Waals surface area contributed by atoms with Crippen molar-refractivity contribution in [1.29, 1.82) is 0 Å². The molecule has 1 heterocycles. The van der Waals surface area contributed by atoms with Gasteiger partial charge >= 0.3 is 0 Å². The van der Waals surface area contributed by atoms with Gasteiger partial charge in [-0.15, -0.1) is 13.2 Å². The molecule has 0 saturated heterocycles. The summed E-state index contributed by atoms with van der Waals surface area (Å²) in [6, 6.07) is 14.6. The SMILES string of the molecule is C=C.C=Cc1cccc2c1[nH]c1ccccc12. The monoisotopic (exact) mass is 221 g/mol. The van der Waals surface area contributed by atoms with E-state index in [9.17, 15) is 0 Å². The highest BCUT2D eigenvalue weighted by atomic mass is 14.7. The number of aromatic amines is 1. The van der Waals surface area contributed by atoms with Crippen molar-refractivity contribution in [2.24, 2.45) is 0 Å². The Morgan fingerprint density at radius 1 is 0.882 bits per heavy atom. The fourth-order valence-corrected chi connectivity index (χ4v) is 2.07. The highest BCUT2D eigenvalue weighted by molar-refractivity contribution is 6.09. The zero-order chi connectivity index (χ0) is 12.3. The van der Waals surface area contributed by atoms with Crippen molar-refractivity contribution in [2.45, 2.75) is 0 Å². The number of aromatic nitrogens is 1. The first-order valence-corrected chi connectivity index (χ1v) is 5.52. The largest absolute Gasteiger partial charge is 0.354 e. The fraction of sp³-hybridized carbons (Fsp3) is 0. The molecule has 0 fully saturated rings. The van der Waals surface area contributed by atoms with Gasteiger partial charge in [-0.25, -0.2) is 0 Å². The zero-order valence-corrected chi connectivity index (χ0v) is 9.74. The summed E-state index contributed by atoms with van der Waals surface area (Å²) in [7, 11) is 0. The van der Waals surface area contributed by atoms with Gasteiger partial charge in [-0.3, -0.25) is 0 Å². The lowest BCUT2D eigenvalue weighted by Gasteiger charge is -1.94. The minimum absolute atomic E-state index is 1.16. The highest BCUT2D eigenvalue weighted by Gasteiger charge is 2.04. The third kappa shape index (κ3) is 1.76. The minimum atomic E-state index is 1.16. The van der Waals surface area contributed by atoms with E-state index in [1.54, 1.807) is 0 Å². The molecule has 1 heteroatoms. The number of fused-ring (bicyclic) bond motifs is 3. The van der Waals surface area contributed by atoms with Crippen LogP contribution in [0.25, 0.3) is 27.9 Å². The summed E-state index contributed by atoms with van der Waals surface area (Å²) >= 11 is 0. The second-order valence-electron chi connectivity index (χ2n) is 3.64. The van der Waals surface area contributed by atoms with Gasteiger partial charge in [0, 0.05) is 16.3 Å². The number of para-hydroxylation sites is 2. The van der Waals surface area contributed by atoms with E-state index in [-0.39, 0.29) is 0 Å². The smallest absolute Gasteiger partial charge is 0.0538 e. The second kappa shape index (κ2) is 4.71. The van der Waals surface area contributed by atoms with Crippen LogP contribution in [0.3, 0.4) is 0 Å². The minimum Gasteiger partial charge on any atom is -0.354 e. The molecule has 0 aliphatic carbocycles. The van der Waals surface area contributed by atoms with Crippen LogP contribution in [0.1, 0.15) is 5.56 Å². The van der Waals surface area contributed by atoms with Gasteiger partial charge in [-0.1, -0.05) is 49.1 Å². The summed E-state index contributed by atoms with van der Waals surface area (Å²) < 4.78 is 0. The van der Waals surface area contributed by atoms with E-state index in [2.05, 4.69) is 61.1 Å². The van der Waals surface area contributed by atoms with Crippen LogP contribution in [0.15, 0.2) is 62.2 Å². The van der Waals surface area contributed by atoms with Crippen molar-refractivity contribution in [2.75, 3.05) is 0 Å². The molecule has 17 heavy (non-hydrogen) atoms. The van der Waals surface area contributed by atoms with E-state index in [1.807, 2.05) is 12.1 Å². The molecular weight excluding hydrogens is 206 g/mol. The van der Waals surface area contributed by atoms with E-state index in [0.717, 1.165) is 5.56 Å². The first kappa shape index (κ1) is 11.2. The molecule has 1 aromatic heterocycles. The van der Waals surface area contributed by atoms with Crippen molar-refractivity contribution < 1.29 is 0 Å². The first-order valence-electron chi connectivity index (χ1n) is 5.52. The highest BCUT2D eigenvalue weighted by Crippen LogP contribution is 2.27. The number of H-pyrrole nitrogens is 1. The molecule has 0 aliphatic rings. The summed E-state index contributed by atoms with van der Waals surface area (Å²) in [5.74, 6) is 0. The first-order chi connectivity index (χ1) is 8.40. The maximum atomic E-state index is 3.83. The Labute approximate surface area is 101 Å². The Balaban J connectivity index is 0.000000514. The van der Waals surface area contributed by atoms with E-state index >= 15 is 0 Å². The van der Waals surface area contributed by atoms with E-state index < -0.39 is 0 Å². The van der Waals surface area contributed by atoms with Crippen LogP contribution in [-0.2, 0) is 0 Å². The quantitative estimate of drug-likeness (QED) is 0.570. The Hall–Kier alpha value is -2.28. The third-order valence-electron chi connectivity index (χ3n) is 2.79. The normalized spacial score (nSPS) is 9.88. The average molecular weight is 221 g/mol. The van der Waals surface area contributed by atoms with Gasteiger partial charge in [-0.05, 0) is 11.6 Å². The average Bonchev–Trinajstić information content (AvgIpc) is 2.79. The van der Waals surface area contributed by atoms with Crippen LogP contribution in [0.5, 0.6) is 0 Å². The van der Waals surface area contributed by atoms with Crippen LogP contribution in [-0.4, -0.2) is 4.98 Å². The predicted molar refractivity (Wildman–Crippen MR) is 77.1 cm³/mol. The molecule has 3 aromatic rings. The molecule has 1 N–H and O–H groups in total. The van der Waals surface area contributed by atoms with Gasteiger partial charge in [0.1, 0.15) is 0 Å². The lowest BCUT2D eigenvalue weighted by molar-refractivity contribution is 1.53. The Morgan fingerprint density at radius 2 is 1.59 bits per heavy atom. The van der Waals surface area contributed by atoms with Gasteiger partial charge in [0.05, 0.1) is 5.52 Å². The molecule has 0 amide bonds. The van der Waals surface area contributed by atoms with Gasteiger partial charge in [-0.2, -0.15) is 0 Å². The van der Waals surface area contributed by atoms with Crippen LogP contribution in [0, 0.1) is 0 Å². The Kier molecular flexibility index (Phi) is 3.10. The molecule has 0 bridgehead atoms. The molecule has 0 unspecified atom stereocenters. The molecule has 1 nitrogen and oxygen atoms in total. The summed E-state index contributed by atoms with van der Waals surface area (Å²) in [6.07, 6.45) is 1.89. The summed E-state index contributed by atoms with van der Waals surface area (Å²) in [4.78, 5) is 3.43. The number of hydrogen-bond acceptors (Lipinski definition) is 0. The predicted octanol–water partition coefficient (Wildman–Crippen LogP) is 4.77. The third-order valence-corrected chi connectivity index (χ3v) is 2.79. The van der Waals surface area contributed by atoms with Crippen LogP contribution >= 0.6 is 0 Å². The number of hydrogen-bond donors (Lipinski definition) is 1. The lowest BCUT2D eigenvalue weighted by Crippen LogP contribution is -1.73. The number of rotatable bonds is 1. The molecular formula is C16H15N. The number of benzene rings is 2. The van der Waals surface area contributed by atoms with E-state index in [1.165, 1.54) is 21.8 Å². The van der Waals surface area contributed by atoms with Crippen molar-refractivity contribution in [3.63, 3.8) is 0 Å². The van der Waals surface area contributed by atoms with Crippen LogP contribution in [0.2, 0.25) is 0 Å². The molecule has 3 rings (SSSR count). The van der Waals surface area contributed by atoms with Crippen molar-refractivity contribution in [1.82, 2.24) is 4.98 Å². The topological polar surface area (TPSA) is 15.8 Å². The van der Waals surface area contributed by atoms with Gasteiger partial charge < -0.3 is 4.98 Å². The van der Waals surface area contributed by atoms with E-state index in [4.69, 9.17) is 0 Å². The second-order valence-corrected chi connectivity index (χ2v) is 3.64. The molecule has 0 atom stereocenters. The zero-order valence-electron chi connectivity index (χ0n) is 9.74. The maximum absolute atomic E-state index is 3.83. The molecule has 0 saturated carbocycles. The summed E-state index contributed by atoms with van der Waals surface area (Å²) in [5, 5.41) is 2.54.